The van der Waals surface area contributed by atoms with Gasteiger partial charge < -0.3 is 15.4 Å². The number of aryl methyl sites for hydroxylation is 1. The number of nitrogens with one attached hydrogen (secondary N) is 2. The van der Waals surface area contributed by atoms with Crippen molar-refractivity contribution in [2.75, 3.05) is 18.4 Å². The molecule has 3 aromatic rings. The molecule has 0 unspecified atom stereocenters. The van der Waals surface area contributed by atoms with Gasteiger partial charge in [-0.25, -0.2) is 8.42 Å². The second-order valence-electron chi connectivity index (χ2n) is 7.40. The molecule has 0 spiro atoms. The van der Waals surface area contributed by atoms with Crippen LogP contribution >= 0.6 is 0 Å². The van der Waals surface area contributed by atoms with Gasteiger partial charge in [0.15, 0.2) is 0 Å². The van der Waals surface area contributed by atoms with Crippen LogP contribution in [0.15, 0.2) is 53.6 Å². The molecule has 0 radical (unpaired) electrons. The number of carbonyl (C=O) groups is 1. The standard InChI is InChI=1S/C21H23N3O4S/c1-14-2-3-17(13-20(14)25)23-21(26)15-7-10-24(11-8-15)29(27,28)18-4-5-19-16(12-18)6-9-22-19/h2-6,9,12-13,15,22,25H,7-8,10-11H2,1H3,(H,23,26). The number of nitrogens with zero attached hydrogens (tertiary/aromatic N) is 1. The molecule has 2 heterocycles. The maximum atomic E-state index is 13.0. The number of amides is 1. The van der Waals surface area contributed by atoms with E-state index >= 15 is 0 Å². The summed E-state index contributed by atoms with van der Waals surface area (Å²) in [7, 11) is -3.60. The largest absolute Gasteiger partial charge is 0.508 e. The molecule has 2 aromatic carbocycles. The minimum atomic E-state index is -3.60. The molecular weight excluding hydrogens is 390 g/mol. The lowest BCUT2D eigenvalue weighted by Crippen LogP contribution is -2.41. The zero-order chi connectivity index (χ0) is 20.6. The Labute approximate surface area is 169 Å². The van der Waals surface area contributed by atoms with Gasteiger partial charge in [-0.05, 0) is 55.7 Å². The summed E-state index contributed by atoms with van der Waals surface area (Å²) >= 11 is 0. The number of aromatic nitrogens is 1. The number of fused-ring (bicyclic) bond motifs is 1. The number of rotatable bonds is 4. The lowest BCUT2D eigenvalue weighted by Gasteiger charge is -2.30. The first-order chi connectivity index (χ1) is 13.8. The Bertz CT molecular complexity index is 1160. The first kappa shape index (κ1) is 19.5. The van der Waals surface area contributed by atoms with Gasteiger partial charge in [-0.3, -0.25) is 4.79 Å². The molecule has 4 rings (SSSR count). The number of anilines is 1. The van der Waals surface area contributed by atoms with Gasteiger partial charge in [-0.15, -0.1) is 0 Å². The minimum Gasteiger partial charge on any atom is -0.508 e. The zero-order valence-electron chi connectivity index (χ0n) is 16.1. The SMILES string of the molecule is Cc1ccc(NC(=O)C2CCN(S(=O)(=O)c3ccc4[nH]ccc4c3)CC2)cc1O. The Morgan fingerprint density at radius 3 is 2.62 bits per heavy atom. The average Bonchev–Trinajstić information content (AvgIpc) is 3.19. The van der Waals surface area contributed by atoms with Gasteiger partial charge in [0.05, 0.1) is 4.90 Å². The number of phenolic OH excluding ortho intramolecular Hbond substituents is 1. The van der Waals surface area contributed by atoms with Gasteiger partial charge >= 0.3 is 0 Å². The predicted octanol–water partition coefficient (Wildman–Crippen LogP) is 3.22. The van der Waals surface area contributed by atoms with Crippen LogP contribution < -0.4 is 5.32 Å². The summed E-state index contributed by atoms with van der Waals surface area (Å²) < 4.78 is 27.4. The number of hydrogen-bond acceptors (Lipinski definition) is 4. The fourth-order valence-electron chi connectivity index (χ4n) is 3.63. The molecule has 0 atom stereocenters. The molecule has 1 fully saturated rings. The van der Waals surface area contributed by atoms with Gasteiger partial charge in [0.2, 0.25) is 15.9 Å². The van der Waals surface area contributed by atoms with Gasteiger partial charge in [-0.2, -0.15) is 4.31 Å². The molecule has 1 aliphatic heterocycles. The molecule has 1 aliphatic rings. The molecular formula is C21H23N3O4S. The summed E-state index contributed by atoms with van der Waals surface area (Å²) in [6.45, 7) is 2.38. The fourth-order valence-corrected chi connectivity index (χ4v) is 5.14. The lowest BCUT2D eigenvalue weighted by atomic mass is 9.97. The third-order valence-electron chi connectivity index (χ3n) is 5.46. The smallest absolute Gasteiger partial charge is 0.243 e. The van der Waals surface area contributed by atoms with E-state index in [1.807, 2.05) is 6.07 Å². The normalized spacial score (nSPS) is 16.2. The number of H-pyrrole nitrogens is 1. The van der Waals surface area contributed by atoms with Crippen molar-refractivity contribution in [2.45, 2.75) is 24.7 Å². The Kier molecular flexibility index (Phi) is 5.06. The van der Waals surface area contributed by atoms with Crippen LogP contribution in [0.25, 0.3) is 10.9 Å². The Balaban J connectivity index is 1.41. The summed E-state index contributed by atoms with van der Waals surface area (Å²) in [5.74, 6) is -0.292. The Morgan fingerprint density at radius 2 is 1.90 bits per heavy atom. The van der Waals surface area contributed by atoms with Crippen molar-refractivity contribution in [2.24, 2.45) is 5.92 Å². The molecule has 0 aliphatic carbocycles. The molecule has 8 heteroatoms. The molecule has 152 valence electrons. The number of phenols is 1. The van der Waals surface area contributed by atoms with E-state index in [1.165, 1.54) is 10.4 Å². The van der Waals surface area contributed by atoms with E-state index in [-0.39, 0.29) is 22.5 Å². The van der Waals surface area contributed by atoms with Crippen molar-refractivity contribution in [3.8, 4) is 5.75 Å². The van der Waals surface area contributed by atoms with Crippen LogP contribution in [0.3, 0.4) is 0 Å². The summed E-state index contributed by atoms with van der Waals surface area (Å²) in [6, 6.07) is 11.9. The highest BCUT2D eigenvalue weighted by molar-refractivity contribution is 7.89. The predicted molar refractivity (Wildman–Crippen MR) is 111 cm³/mol. The highest BCUT2D eigenvalue weighted by Crippen LogP contribution is 2.27. The number of hydrogen-bond donors (Lipinski definition) is 3. The number of piperidine rings is 1. The van der Waals surface area contributed by atoms with Gasteiger partial charge in [0.25, 0.3) is 0 Å². The summed E-state index contributed by atoms with van der Waals surface area (Å²) in [5.41, 5.74) is 2.16. The van der Waals surface area contributed by atoms with Crippen molar-refractivity contribution in [3.63, 3.8) is 0 Å². The van der Waals surface area contributed by atoms with E-state index in [0.29, 0.717) is 31.6 Å². The van der Waals surface area contributed by atoms with Crippen LogP contribution in [0.1, 0.15) is 18.4 Å². The molecule has 29 heavy (non-hydrogen) atoms. The zero-order valence-corrected chi connectivity index (χ0v) is 16.9. The van der Waals surface area contributed by atoms with Crippen LogP contribution in [0.4, 0.5) is 5.69 Å². The average molecular weight is 413 g/mol. The number of sulfonamides is 1. The molecule has 1 saturated heterocycles. The number of carbonyl (C=O) groups excluding carboxylic acids is 1. The third-order valence-corrected chi connectivity index (χ3v) is 7.36. The van der Waals surface area contributed by atoms with Gasteiger partial charge in [0, 0.05) is 47.9 Å². The highest BCUT2D eigenvalue weighted by atomic mass is 32.2. The van der Waals surface area contributed by atoms with Crippen molar-refractivity contribution < 1.29 is 18.3 Å². The van der Waals surface area contributed by atoms with Crippen molar-refractivity contribution in [1.29, 1.82) is 0 Å². The maximum absolute atomic E-state index is 13.0. The first-order valence-electron chi connectivity index (χ1n) is 9.52. The van der Waals surface area contributed by atoms with E-state index in [1.54, 1.807) is 43.5 Å². The fraction of sp³-hybridized carbons (Fsp3) is 0.286. The lowest BCUT2D eigenvalue weighted by molar-refractivity contribution is -0.120. The molecule has 0 bridgehead atoms. The summed E-state index contributed by atoms with van der Waals surface area (Å²) in [5, 5.41) is 13.4. The highest BCUT2D eigenvalue weighted by Gasteiger charge is 2.32. The van der Waals surface area contributed by atoms with Crippen LogP contribution in [-0.2, 0) is 14.8 Å². The summed E-state index contributed by atoms with van der Waals surface area (Å²) in [4.78, 5) is 15.9. The Hall–Kier alpha value is -2.84. The molecule has 1 amide bonds. The van der Waals surface area contributed by atoms with Gasteiger partial charge in [0.1, 0.15) is 5.75 Å². The molecule has 0 saturated carbocycles. The van der Waals surface area contributed by atoms with E-state index in [4.69, 9.17) is 0 Å². The van der Waals surface area contributed by atoms with Crippen molar-refractivity contribution in [1.82, 2.24) is 9.29 Å². The topological polar surface area (TPSA) is 103 Å². The molecule has 3 N–H and O–H groups in total. The van der Waals surface area contributed by atoms with E-state index in [0.717, 1.165) is 16.5 Å². The molecule has 1 aromatic heterocycles. The number of aromatic hydroxyl groups is 1. The van der Waals surface area contributed by atoms with Crippen molar-refractivity contribution >= 4 is 32.5 Å². The first-order valence-corrected chi connectivity index (χ1v) is 11.0. The second kappa shape index (κ2) is 7.53. The third kappa shape index (κ3) is 3.86. The monoisotopic (exact) mass is 413 g/mol. The van der Waals surface area contributed by atoms with Crippen LogP contribution in [-0.4, -0.2) is 41.8 Å². The van der Waals surface area contributed by atoms with Gasteiger partial charge in [-0.1, -0.05) is 6.07 Å². The maximum Gasteiger partial charge on any atom is 0.243 e. The van der Waals surface area contributed by atoms with E-state index < -0.39 is 10.0 Å². The van der Waals surface area contributed by atoms with Crippen LogP contribution in [0, 0.1) is 12.8 Å². The Morgan fingerprint density at radius 1 is 1.14 bits per heavy atom. The van der Waals surface area contributed by atoms with E-state index in [9.17, 15) is 18.3 Å². The minimum absolute atomic E-state index is 0.128. The molecule has 7 nitrogen and oxygen atoms in total. The van der Waals surface area contributed by atoms with Crippen LogP contribution in [0.2, 0.25) is 0 Å². The number of benzene rings is 2. The quantitative estimate of drug-likeness (QED) is 0.611. The van der Waals surface area contributed by atoms with Crippen LogP contribution in [0.5, 0.6) is 5.75 Å². The second-order valence-corrected chi connectivity index (χ2v) is 9.33. The summed E-state index contributed by atoms with van der Waals surface area (Å²) in [6.07, 6.45) is 2.68. The van der Waals surface area contributed by atoms with E-state index in [2.05, 4.69) is 10.3 Å². The number of aromatic amines is 1. The van der Waals surface area contributed by atoms with Crippen molar-refractivity contribution in [3.05, 3.63) is 54.2 Å².